The van der Waals surface area contributed by atoms with Gasteiger partial charge in [0.1, 0.15) is 0 Å². The third kappa shape index (κ3) is 6.88. The number of rotatable bonds is 9. The van der Waals surface area contributed by atoms with Gasteiger partial charge in [-0.15, -0.1) is 11.8 Å². The van der Waals surface area contributed by atoms with Crippen LogP contribution in [0.4, 0.5) is 5.69 Å². The Balaban J connectivity index is 1.91. The number of aryl methyl sites for hydroxylation is 1. The first-order valence-electron chi connectivity index (χ1n) is 8.40. The van der Waals surface area contributed by atoms with E-state index >= 15 is 0 Å². The van der Waals surface area contributed by atoms with E-state index in [0.717, 1.165) is 10.6 Å². The SMILES string of the molecule is CSc1ccc(S(=O)(=O)NCCSCc2ccc(C)cc2)cc1NC(C)=O. The lowest BCUT2D eigenvalue weighted by Gasteiger charge is -2.12. The van der Waals surface area contributed by atoms with Gasteiger partial charge in [0, 0.05) is 29.9 Å². The van der Waals surface area contributed by atoms with Crippen molar-refractivity contribution < 1.29 is 13.2 Å². The zero-order valence-electron chi connectivity index (χ0n) is 15.6. The molecule has 0 heterocycles. The summed E-state index contributed by atoms with van der Waals surface area (Å²) in [5.74, 6) is 1.28. The second-order valence-corrected chi connectivity index (χ2v) is 9.70. The van der Waals surface area contributed by atoms with Gasteiger partial charge in [-0.3, -0.25) is 4.79 Å². The fraction of sp³-hybridized carbons (Fsp3) is 0.316. The van der Waals surface area contributed by atoms with Crippen LogP contribution in [0.15, 0.2) is 52.3 Å². The normalized spacial score (nSPS) is 11.4. The first-order chi connectivity index (χ1) is 12.8. The van der Waals surface area contributed by atoms with E-state index in [0.29, 0.717) is 18.0 Å². The van der Waals surface area contributed by atoms with Crippen LogP contribution in [-0.2, 0) is 20.6 Å². The van der Waals surface area contributed by atoms with Gasteiger partial charge in [0.25, 0.3) is 0 Å². The minimum Gasteiger partial charge on any atom is -0.325 e. The maximum atomic E-state index is 12.5. The molecule has 0 unspecified atom stereocenters. The molecule has 0 aliphatic heterocycles. The molecule has 8 heteroatoms. The molecule has 0 bridgehead atoms. The zero-order valence-corrected chi connectivity index (χ0v) is 18.1. The highest BCUT2D eigenvalue weighted by Gasteiger charge is 2.16. The third-order valence-electron chi connectivity index (χ3n) is 3.72. The molecule has 0 aromatic heterocycles. The van der Waals surface area contributed by atoms with Crippen LogP contribution in [0.2, 0.25) is 0 Å². The van der Waals surface area contributed by atoms with Gasteiger partial charge < -0.3 is 5.32 Å². The molecule has 2 rings (SSSR count). The number of carbonyl (C=O) groups is 1. The van der Waals surface area contributed by atoms with E-state index in [1.54, 1.807) is 23.9 Å². The molecule has 0 saturated carbocycles. The Morgan fingerprint density at radius 1 is 1.11 bits per heavy atom. The van der Waals surface area contributed by atoms with Crippen LogP contribution >= 0.6 is 23.5 Å². The van der Waals surface area contributed by atoms with Gasteiger partial charge in [0.05, 0.1) is 10.6 Å². The van der Waals surface area contributed by atoms with Crippen LogP contribution in [0.25, 0.3) is 0 Å². The van der Waals surface area contributed by atoms with Crippen molar-refractivity contribution in [3.8, 4) is 0 Å². The van der Waals surface area contributed by atoms with Crippen molar-refractivity contribution in [1.82, 2.24) is 4.72 Å². The summed E-state index contributed by atoms with van der Waals surface area (Å²) in [6.07, 6.45) is 1.87. The fourth-order valence-electron chi connectivity index (χ4n) is 2.35. The van der Waals surface area contributed by atoms with Gasteiger partial charge in [-0.1, -0.05) is 29.8 Å². The van der Waals surface area contributed by atoms with E-state index < -0.39 is 10.0 Å². The van der Waals surface area contributed by atoms with E-state index in [2.05, 4.69) is 41.2 Å². The molecule has 2 N–H and O–H groups in total. The van der Waals surface area contributed by atoms with Gasteiger partial charge in [-0.2, -0.15) is 11.8 Å². The maximum absolute atomic E-state index is 12.5. The first-order valence-corrected chi connectivity index (χ1v) is 12.3. The fourth-order valence-corrected chi connectivity index (χ4v) is 4.89. The lowest BCUT2D eigenvalue weighted by atomic mass is 10.2. The zero-order chi connectivity index (χ0) is 19.9. The quantitative estimate of drug-likeness (QED) is 0.472. The van der Waals surface area contributed by atoms with Gasteiger partial charge >= 0.3 is 0 Å². The number of anilines is 1. The van der Waals surface area contributed by atoms with E-state index in [9.17, 15) is 13.2 Å². The lowest BCUT2D eigenvalue weighted by molar-refractivity contribution is -0.114. The van der Waals surface area contributed by atoms with Crippen LogP contribution in [0.5, 0.6) is 0 Å². The molecule has 27 heavy (non-hydrogen) atoms. The van der Waals surface area contributed by atoms with Crippen LogP contribution in [0.1, 0.15) is 18.1 Å². The Kier molecular flexibility index (Phi) is 8.22. The molecule has 0 radical (unpaired) electrons. The summed E-state index contributed by atoms with van der Waals surface area (Å²) in [5, 5.41) is 2.68. The number of hydrogen-bond donors (Lipinski definition) is 2. The molecule has 0 fully saturated rings. The summed E-state index contributed by atoms with van der Waals surface area (Å²) in [6, 6.07) is 13.1. The second kappa shape index (κ2) is 10.2. The van der Waals surface area contributed by atoms with E-state index in [1.807, 2.05) is 6.26 Å². The molecule has 1 amide bonds. The van der Waals surface area contributed by atoms with Crippen LogP contribution in [-0.4, -0.2) is 32.9 Å². The van der Waals surface area contributed by atoms with Crippen molar-refractivity contribution in [3.05, 3.63) is 53.6 Å². The summed E-state index contributed by atoms with van der Waals surface area (Å²) in [4.78, 5) is 12.3. The highest BCUT2D eigenvalue weighted by Crippen LogP contribution is 2.28. The van der Waals surface area contributed by atoms with Crippen molar-refractivity contribution in [2.24, 2.45) is 0 Å². The highest BCUT2D eigenvalue weighted by molar-refractivity contribution is 7.99. The molecule has 146 valence electrons. The monoisotopic (exact) mass is 424 g/mol. The van der Waals surface area contributed by atoms with Crippen molar-refractivity contribution >= 4 is 45.1 Å². The van der Waals surface area contributed by atoms with Crippen LogP contribution in [0.3, 0.4) is 0 Å². The van der Waals surface area contributed by atoms with Crippen molar-refractivity contribution in [2.45, 2.75) is 29.4 Å². The molecule has 0 aliphatic rings. The van der Waals surface area contributed by atoms with Gasteiger partial charge in [-0.05, 0) is 36.9 Å². The van der Waals surface area contributed by atoms with Gasteiger partial charge in [0.15, 0.2) is 0 Å². The summed E-state index contributed by atoms with van der Waals surface area (Å²) in [5.41, 5.74) is 2.95. The van der Waals surface area contributed by atoms with E-state index in [1.165, 1.54) is 35.9 Å². The van der Waals surface area contributed by atoms with Crippen molar-refractivity contribution in [3.63, 3.8) is 0 Å². The average molecular weight is 425 g/mol. The topological polar surface area (TPSA) is 75.3 Å². The number of hydrogen-bond acceptors (Lipinski definition) is 5. The largest absolute Gasteiger partial charge is 0.325 e. The summed E-state index contributed by atoms with van der Waals surface area (Å²) < 4.78 is 27.6. The van der Waals surface area contributed by atoms with Gasteiger partial charge in [0.2, 0.25) is 15.9 Å². The summed E-state index contributed by atoms with van der Waals surface area (Å²) in [6.45, 7) is 3.79. The number of amides is 1. The highest BCUT2D eigenvalue weighted by atomic mass is 32.2. The second-order valence-electron chi connectivity index (χ2n) is 5.98. The number of nitrogens with one attached hydrogen (secondary N) is 2. The predicted molar refractivity (Wildman–Crippen MR) is 115 cm³/mol. The third-order valence-corrected chi connectivity index (χ3v) is 7.00. The Morgan fingerprint density at radius 2 is 1.81 bits per heavy atom. The molecule has 5 nitrogen and oxygen atoms in total. The lowest BCUT2D eigenvalue weighted by Crippen LogP contribution is -2.26. The number of thioether (sulfide) groups is 2. The first kappa shape index (κ1) is 21.8. The van der Waals surface area contributed by atoms with E-state index in [4.69, 9.17) is 0 Å². The average Bonchev–Trinajstić information content (AvgIpc) is 2.62. The Labute approximate surface area is 169 Å². The molecule has 0 aliphatic carbocycles. The predicted octanol–water partition coefficient (Wildman–Crippen LogP) is 3.89. The molecular formula is C19H24N2O3S3. The molecule has 2 aromatic rings. The number of carbonyl (C=O) groups excluding carboxylic acids is 1. The molecular weight excluding hydrogens is 400 g/mol. The molecule has 2 aromatic carbocycles. The minimum absolute atomic E-state index is 0.146. The Morgan fingerprint density at radius 3 is 2.44 bits per heavy atom. The van der Waals surface area contributed by atoms with Crippen molar-refractivity contribution in [1.29, 1.82) is 0 Å². The van der Waals surface area contributed by atoms with E-state index in [-0.39, 0.29) is 10.8 Å². The summed E-state index contributed by atoms with van der Waals surface area (Å²) in [7, 11) is -3.62. The van der Waals surface area contributed by atoms with Gasteiger partial charge in [-0.25, -0.2) is 13.1 Å². The number of benzene rings is 2. The summed E-state index contributed by atoms with van der Waals surface area (Å²) >= 11 is 3.13. The van der Waals surface area contributed by atoms with Crippen molar-refractivity contribution in [2.75, 3.05) is 23.9 Å². The van der Waals surface area contributed by atoms with Crippen LogP contribution in [0, 0.1) is 6.92 Å². The molecule has 0 atom stereocenters. The number of sulfonamides is 1. The smallest absolute Gasteiger partial charge is 0.240 e. The minimum atomic E-state index is -3.62. The Hall–Kier alpha value is -1.48. The standard InChI is InChI=1S/C19H24N2O3S3/c1-14-4-6-16(7-5-14)13-26-11-10-20-27(23,24)17-8-9-19(25-3)18(12-17)21-15(2)22/h4-9,12,20H,10-11,13H2,1-3H3,(H,21,22). The van der Waals surface area contributed by atoms with Crippen LogP contribution < -0.4 is 10.0 Å². The molecule has 0 spiro atoms. The Bertz CT molecular complexity index is 882. The maximum Gasteiger partial charge on any atom is 0.240 e. The molecule has 0 saturated heterocycles.